The van der Waals surface area contributed by atoms with Gasteiger partial charge in [-0.2, -0.15) is 30.7 Å². The van der Waals surface area contributed by atoms with Gasteiger partial charge in [-0.1, -0.05) is 6.92 Å². The van der Waals surface area contributed by atoms with Gasteiger partial charge >= 0.3 is 18.3 Å². The van der Waals surface area contributed by atoms with Crippen LogP contribution in [-0.4, -0.2) is 18.3 Å². The lowest BCUT2D eigenvalue weighted by atomic mass is 10.4. The molecule has 0 heterocycles. The normalized spacial score (nSPS) is 13.8. The molecule has 0 N–H and O–H groups in total. The van der Waals surface area contributed by atoms with Crippen LogP contribution in [0.3, 0.4) is 0 Å². The lowest BCUT2D eigenvalue weighted by Gasteiger charge is -2.27. The molecule has 0 saturated heterocycles. The van der Waals surface area contributed by atoms with Crippen LogP contribution in [0.25, 0.3) is 0 Å². The van der Waals surface area contributed by atoms with Gasteiger partial charge in [-0.15, -0.1) is 0 Å². The van der Waals surface area contributed by atoms with Crippen LogP contribution in [0.5, 0.6) is 0 Å². The molecule has 0 aliphatic carbocycles. The van der Waals surface area contributed by atoms with Gasteiger partial charge in [-0.25, -0.2) is 4.74 Å². The van der Waals surface area contributed by atoms with Crippen molar-refractivity contribution in [3.63, 3.8) is 0 Å². The zero-order valence-corrected chi connectivity index (χ0v) is 7.88. The maximum Gasteiger partial charge on any atom is 0.495 e. The van der Waals surface area contributed by atoms with Crippen LogP contribution in [0, 0.1) is 0 Å². The third kappa shape index (κ3) is 3.87. The zero-order valence-electron chi connectivity index (χ0n) is 7.88. The Hall–Kier alpha value is -0.990. The molecule has 0 bridgehead atoms. The minimum atomic E-state index is -5.69. The topological polar surface area (TPSA) is 18.5 Å². The number of ether oxygens (including phenoxy) is 2. The van der Waals surface area contributed by atoms with Crippen LogP contribution in [0.2, 0.25) is 0 Å². The summed E-state index contributed by atoms with van der Waals surface area (Å²) >= 11 is 0. The van der Waals surface area contributed by atoms with Gasteiger partial charge in [0.15, 0.2) is 0 Å². The van der Waals surface area contributed by atoms with Crippen LogP contribution >= 0.6 is 0 Å². The van der Waals surface area contributed by atoms with Crippen LogP contribution in [-0.2, 0) is 9.47 Å². The summed E-state index contributed by atoms with van der Waals surface area (Å²) < 4.78 is 91.4. The molecule has 16 heavy (non-hydrogen) atoms. The Morgan fingerprint density at radius 2 is 1.50 bits per heavy atom. The molecule has 0 aliphatic rings. The number of rotatable bonds is 6. The second kappa shape index (κ2) is 4.48. The van der Waals surface area contributed by atoms with Crippen molar-refractivity contribution < 1.29 is 40.2 Å². The first-order valence-electron chi connectivity index (χ1n) is 3.80. The van der Waals surface area contributed by atoms with Gasteiger partial charge in [0.2, 0.25) is 0 Å². The molecule has 2 nitrogen and oxygen atoms in total. The van der Waals surface area contributed by atoms with Crippen LogP contribution in [0.15, 0.2) is 12.6 Å². The summed E-state index contributed by atoms with van der Waals surface area (Å²) in [5, 5.41) is 0. The van der Waals surface area contributed by atoms with E-state index in [4.69, 9.17) is 0 Å². The van der Waals surface area contributed by atoms with E-state index >= 15 is 0 Å². The number of hydrogen-bond donors (Lipinski definition) is 0. The van der Waals surface area contributed by atoms with Gasteiger partial charge in [0.05, 0.1) is 0 Å². The third-order valence-electron chi connectivity index (χ3n) is 1.27. The molecule has 0 spiro atoms. The molecule has 0 atom stereocenters. The van der Waals surface area contributed by atoms with E-state index < -0.39 is 30.8 Å². The Morgan fingerprint density at radius 1 is 1.06 bits per heavy atom. The maximum atomic E-state index is 12.5. The summed E-state index contributed by atoms with van der Waals surface area (Å²) in [5.41, 5.74) is 0. The molecule has 0 fully saturated rings. The smallest absolute Gasteiger partial charge is 0.400 e. The van der Waals surface area contributed by atoms with Crippen molar-refractivity contribution >= 4 is 0 Å². The van der Waals surface area contributed by atoms with Crippen molar-refractivity contribution in [2.45, 2.75) is 31.7 Å². The summed E-state index contributed by atoms with van der Waals surface area (Å²) in [6.45, 7) is 2.85. The van der Waals surface area contributed by atoms with E-state index in [-0.39, 0.29) is 0 Å². The fourth-order valence-electron chi connectivity index (χ4n) is 0.518. The monoisotopic (exact) mass is 256 g/mol. The lowest BCUT2D eigenvalue weighted by Crippen LogP contribution is -2.48. The fraction of sp³-hybridized carbons (Fsp3) is 0.714. The Morgan fingerprint density at radius 3 is 1.81 bits per heavy atom. The Bertz CT molecular complexity index is 263. The van der Waals surface area contributed by atoms with Crippen molar-refractivity contribution in [3.05, 3.63) is 12.6 Å². The van der Waals surface area contributed by atoms with E-state index in [1.807, 2.05) is 0 Å². The van der Waals surface area contributed by atoms with Gasteiger partial charge in [0.1, 0.15) is 0 Å². The molecular formula is C7H7F7O2. The van der Waals surface area contributed by atoms with Gasteiger partial charge < -0.3 is 4.74 Å². The Labute approximate surface area is 85.6 Å². The van der Waals surface area contributed by atoms with E-state index in [2.05, 4.69) is 16.1 Å². The molecule has 9 heteroatoms. The van der Waals surface area contributed by atoms with Crippen LogP contribution in [0.4, 0.5) is 30.7 Å². The molecule has 0 aromatic heterocycles. The van der Waals surface area contributed by atoms with E-state index in [0.717, 1.165) is 6.92 Å². The first-order valence-corrected chi connectivity index (χ1v) is 3.80. The molecule has 0 unspecified atom stereocenters. The lowest BCUT2D eigenvalue weighted by molar-refractivity contribution is -0.477. The Kier molecular flexibility index (Phi) is 4.20. The first kappa shape index (κ1) is 15.0. The molecule has 0 aromatic carbocycles. The second-order valence-corrected chi connectivity index (χ2v) is 2.58. The minimum Gasteiger partial charge on any atom is -0.400 e. The molecule has 0 radical (unpaired) electrons. The summed E-state index contributed by atoms with van der Waals surface area (Å²) in [6, 6.07) is -2.26. The molecule has 0 aromatic rings. The summed E-state index contributed by atoms with van der Waals surface area (Å²) in [6.07, 6.45) is -17.0. The van der Waals surface area contributed by atoms with E-state index in [0.29, 0.717) is 0 Å². The highest BCUT2D eigenvalue weighted by Gasteiger charge is 2.65. The molecular weight excluding hydrogens is 249 g/mol. The van der Waals surface area contributed by atoms with Gasteiger partial charge in [-0.3, -0.25) is 0 Å². The number of halogens is 7. The average molecular weight is 256 g/mol. The largest absolute Gasteiger partial charge is 0.495 e. The van der Waals surface area contributed by atoms with Crippen molar-refractivity contribution in [3.8, 4) is 0 Å². The average Bonchev–Trinajstić information content (AvgIpc) is 1.99. The fourth-order valence-corrected chi connectivity index (χ4v) is 0.518. The summed E-state index contributed by atoms with van der Waals surface area (Å²) in [7, 11) is 0. The SMILES string of the molecule is C=C(F)OC(F)(F)C(F)(F)OC(F)(F)CC. The molecule has 0 rings (SSSR count). The molecule has 96 valence electrons. The van der Waals surface area contributed by atoms with Crippen molar-refractivity contribution in [1.29, 1.82) is 0 Å². The van der Waals surface area contributed by atoms with E-state index in [1.165, 1.54) is 0 Å². The quantitative estimate of drug-likeness (QED) is 0.533. The first-order chi connectivity index (χ1) is 6.93. The maximum absolute atomic E-state index is 12.5. The van der Waals surface area contributed by atoms with Crippen molar-refractivity contribution in [2.24, 2.45) is 0 Å². The molecule has 0 amide bonds. The second-order valence-electron chi connectivity index (χ2n) is 2.58. The predicted molar refractivity (Wildman–Crippen MR) is 37.6 cm³/mol. The van der Waals surface area contributed by atoms with Gasteiger partial charge in [0, 0.05) is 6.42 Å². The highest BCUT2D eigenvalue weighted by Crippen LogP contribution is 2.42. The molecule has 0 saturated carbocycles. The minimum absolute atomic E-state index is 0.725. The zero-order chi connectivity index (χ0) is 13.2. The number of hydrogen-bond acceptors (Lipinski definition) is 2. The summed E-state index contributed by atoms with van der Waals surface area (Å²) in [4.78, 5) is 0. The highest BCUT2D eigenvalue weighted by molar-refractivity contribution is 4.75. The standard InChI is InChI=1S/C7H7F7O2/c1-3-5(9,10)16-7(13,14)6(11,12)15-4(2)8/h2-3H2,1H3. The Balaban J connectivity index is 4.83. The summed E-state index contributed by atoms with van der Waals surface area (Å²) in [5.74, 6) is 0. The van der Waals surface area contributed by atoms with E-state index in [1.54, 1.807) is 0 Å². The van der Waals surface area contributed by atoms with Crippen LogP contribution < -0.4 is 0 Å². The number of alkyl halides is 6. The van der Waals surface area contributed by atoms with Crippen LogP contribution in [0.1, 0.15) is 13.3 Å². The highest BCUT2D eigenvalue weighted by atomic mass is 19.3. The van der Waals surface area contributed by atoms with Gasteiger partial charge in [-0.05, 0) is 6.58 Å². The molecule has 0 aliphatic heterocycles. The van der Waals surface area contributed by atoms with Crippen molar-refractivity contribution in [2.75, 3.05) is 0 Å². The van der Waals surface area contributed by atoms with Crippen molar-refractivity contribution in [1.82, 2.24) is 0 Å². The third-order valence-corrected chi connectivity index (χ3v) is 1.27. The van der Waals surface area contributed by atoms with Gasteiger partial charge in [0.25, 0.3) is 6.01 Å². The predicted octanol–water partition coefficient (Wildman–Crippen LogP) is 3.65. The van der Waals surface area contributed by atoms with E-state index in [9.17, 15) is 30.7 Å².